The Morgan fingerprint density at radius 2 is 2.21 bits per heavy atom. The van der Waals surface area contributed by atoms with E-state index in [-0.39, 0.29) is 27.6 Å². The van der Waals surface area contributed by atoms with Crippen LogP contribution >= 0.6 is 11.6 Å². The number of rotatable bonds is 5. The fourth-order valence-electron chi connectivity index (χ4n) is 2.03. The van der Waals surface area contributed by atoms with Gasteiger partial charge in [0.25, 0.3) is 11.6 Å². The third-order valence-electron chi connectivity index (χ3n) is 3.75. The summed E-state index contributed by atoms with van der Waals surface area (Å²) >= 11 is 5.90. The fraction of sp³-hybridized carbons (Fsp3) is 0.462. The average molecular weight is 283 g/mol. The molecule has 0 atom stereocenters. The van der Waals surface area contributed by atoms with Gasteiger partial charge in [0, 0.05) is 12.6 Å². The van der Waals surface area contributed by atoms with E-state index in [1.165, 1.54) is 18.2 Å². The molecule has 1 aliphatic carbocycles. The first-order valence-electron chi connectivity index (χ1n) is 6.20. The summed E-state index contributed by atoms with van der Waals surface area (Å²) in [4.78, 5) is 22.2. The number of hydrogen-bond donors (Lipinski definition) is 1. The quantitative estimate of drug-likeness (QED) is 0.666. The summed E-state index contributed by atoms with van der Waals surface area (Å²) in [5.74, 6) is -0.353. The first kappa shape index (κ1) is 13.8. The van der Waals surface area contributed by atoms with Crippen LogP contribution in [0.2, 0.25) is 5.02 Å². The molecule has 0 unspecified atom stereocenters. The lowest BCUT2D eigenvalue weighted by Crippen LogP contribution is -2.30. The molecular weight excluding hydrogens is 268 g/mol. The van der Waals surface area contributed by atoms with E-state index in [0.29, 0.717) is 6.54 Å². The third-order valence-corrected chi connectivity index (χ3v) is 4.15. The number of amides is 1. The van der Waals surface area contributed by atoms with E-state index in [9.17, 15) is 14.9 Å². The van der Waals surface area contributed by atoms with Crippen LogP contribution in [-0.4, -0.2) is 17.4 Å². The Kier molecular flexibility index (Phi) is 3.75. The van der Waals surface area contributed by atoms with E-state index in [1.54, 1.807) is 0 Å². The zero-order chi connectivity index (χ0) is 14.0. The molecule has 1 aromatic rings. The molecule has 1 amide bonds. The Bertz CT molecular complexity index is 527. The summed E-state index contributed by atoms with van der Waals surface area (Å²) in [7, 11) is 0. The highest BCUT2D eigenvalue weighted by Crippen LogP contribution is 2.47. The van der Waals surface area contributed by atoms with Crippen molar-refractivity contribution in [2.75, 3.05) is 6.54 Å². The van der Waals surface area contributed by atoms with Crippen LogP contribution in [0.5, 0.6) is 0 Å². The molecule has 102 valence electrons. The molecule has 0 radical (unpaired) electrons. The summed E-state index contributed by atoms with van der Waals surface area (Å²) in [6.07, 6.45) is 3.26. The van der Waals surface area contributed by atoms with Gasteiger partial charge in [-0.3, -0.25) is 14.9 Å². The summed E-state index contributed by atoms with van der Waals surface area (Å²) in [5, 5.41) is 13.5. The van der Waals surface area contributed by atoms with Crippen molar-refractivity contribution in [1.82, 2.24) is 5.32 Å². The number of nitro groups is 1. The average Bonchev–Trinajstić information content (AvgIpc) is 3.16. The molecule has 0 heterocycles. The lowest BCUT2D eigenvalue weighted by molar-refractivity contribution is -0.384. The van der Waals surface area contributed by atoms with Crippen LogP contribution in [0, 0.1) is 15.5 Å². The molecule has 1 aliphatic rings. The lowest BCUT2D eigenvalue weighted by Gasteiger charge is -2.13. The zero-order valence-corrected chi connectivity index (χ0v) is 11.4. The van der Waals surface area contributed by atoms with Crippen molar-refractivity contribution in [1.29, 1.82) is 0 Å². The van der Waals surface area contributed by atoms with Gasteiger partial charge < -0.3 is 5.32 Å². The summed E-state index contributed by atoms with van der Waals surface area (Å²) in [6, 6.07) is 4.25. The molecule has 0 aromatic heterocycles. The van der Waals surface area contributed by atoms with Gasteiger partial charge in [-0.25, -0.2) is 0 Å². The Labute approximate surface area is 116 Å². The van der Waals surface area contributed by atoms with Gasteiger partial charge >= 0.3 is 0 Å². The van der Waals surface area contributed by atoms with Crippen molar-refractivity contribution in [3.05, 3.63) is 38.9 Å². The predicted octanol–water partition coefficient (Wildman–Crippen LogP) is 3.17. The maximum atomic E-state index is 12.0. The second-order valence-corrected chi connectivity index (χ2v) is 5.31. The Morgan fingerprint density at radius 1 is 1.53 bits per heavy atom. The Morgan fingerprint density at radius 3 is 2.74 bits per heavy atom. The van der Waals surface area contributed by atoms with Crippen LogP contribution in [-0.2, 0) is 0 Å². The molecule has 0 aliphatic heterocycles. The molecule has 1 N–H and O–H groups in total. The van der Waals surface area contributed by atoms with E-state index in [0.717, 1.165) is 19.3 Å². The van der Waals surface area contributed by atoms with Gasteiger partial charge in [0.2, 0.25) is 0 Å². The van der Waals surface area contributed by atoms with E-state index in [2.05, 4.69) is 12.2 Å². The van der Waals surface area contributed by atoms with Gasteiger partial charge in [0.15, 0.2) is 0 Å². The van der Waals surface area contributed by atoms with Gasteiger partial charge in [-0.1, -0.05) is 24.6 Å². The van der Waals surface area contributed by atoms with Crippen molar-refractivity contribution in [3.8, 4) is 0 Å². The second kappa shape index (κ2) is 5.17. The van der Waals surface area contributed by atoms with Crippen LogP contribution in [0.15, 0.2) is 18.2 Å². The van der Waals surface area contributed by atoms with Crippen molar-refractivity contribution < 1.29 is 9.72 Å². The lowest BCUT2D eigenvalue weighted by atomic mass is 10.0. The number of nitrogens with one attached hydrogen (secondary N) is 1. The first-order valence-corrected chi connectivity index (χ1v) is 6.58. The molecule has 1 fully saturated rings. The van der Waals surface area contributed by atoms with Gasteiger partial charge in [-0.05, 0) is 30.7 Å². The number of nitro benzene ring substituents is 1. The normalized spacial score (nSPS) is 15.9. The van der Waals surface area contributed by atoms with Crippen LogP contribution in [0.3, 0.4) is 0 Å². The predicted molar refractivity (Wildman–Crippen MR) is 72.4 cm³/mol. The third kappa shape index (κ3) is 2.87. The monoisotopic (exact) mass is 282 g/mol. The summed E-state index contributed by atoms with van der Waals surface area (Å²) in [6.45, 7) is 2.70. The molecule has 19 heavy (non-hydrogen) atoms. The maximum Gasteiger partial charge on any atom is 0.288 e. The van der Waals surface area contributed by atoms with Crippen LogP contribution in [0.1, 0.15) is 36.5 Å². The fourth-order valence-corrected chi connectivity index (χ4v) is 2.31. The van der Waals surface area contributed by atoms with Crippen molar-refractivity contribution in [3.63, 3.8) is 0 Å². The molecule has 0 bridgehead atoms. The van der Waals surface area contributed by atoms with Crippen molar-refractivity contribution >= 4 is 23.2 Å². The standard InChI is InChI=1S/C13H15ClN2O3/c1-2-13(6-7-13)8-15-12(17)9-4-3-5-10(11(9)14)16(18)19/h3-5H,2,6-8H2,1H3,(H,15,17). The molecule has 5 nitrogen and oxygen atoms in total. The Balaban J connectivity index is 2.11. The van der Waals surface area contributed by atoms with Crippen LogP contribution in [0.25, 0.3) is 0 Å². The topological polar surface area (TPSA) is 72.2 Å². The number of carbonyl (C=O) groups is 1. The van der Waals surface area contributed by atoms with Crippen molar-refractivity contribution in [2.45, 2.75) is 26.2 Å². The molecule has 0 spiro atoms. The SMILES string of the molecule is CCC1(CNC(=O)c2cccc([N+](=O)[O-])c2Cl)CC1. The van der Waals surface area contributed by atoms with Crippen LogP contribution < -0.4 is 5.32 Å². The van der Waals surface area contributed by atoms with E-state index < -0.39 is 4.92 Å². The van der Waals surface area contributed by atoms with Gasteiger partial charge in [0.05, 0.1) is 10.5 Å². The van der Waals surface area contributed by atoms with Gasteiger partial charge in [0.1, 0.15) is 5.02 Å². The molecule has 0 saturated heterocycles. The van der Waals surface area contributed by atoms with Gasteiger partial charge in [-0.15, -0.1) is 0 Å². The number of halogens is 1. The largest absolute Gasteiger partial charge is 0.351 e. The molecule has 1 aromatic carbocycles. The second-order valence-electron chi connectivity index (χ2n) is 4.93. The van der Waals surface area contributed by atoms with Gasteiger partial charge in [-0.2, -0.15) is 0 Å². The van der Waals surface area contributed by atoms with E-state index in [4.69, 9.17) is 11.6 Å². The number of hydrogen-bond acceptors (Lipinski definition) is 3. The summed E-state index contributed by atoms with van der Waals surface area (Å²) < 4.78 is 0. The minimum absolute atomic E-state index is 0.105. The Hall–Kier alpha value is -1.62. The van der Waals surface area contributed by atoms with Crippen LogP contribution in [0.4, 0.5) is 5.69 Å². The molecule has 6 heteroatoms. The minimum Gasteiger partial charge on any atom is -0.351 e. The number of carbonyl (C=O) groups excluding carboxylic acids is 1. The van der Waals surface area contributed by atoms with E-state index in [1.807, 2.05) is 0 Å². The molecule has 2 rings (SSSR count). The highest BCUT2D eigenvalue weighted by Gasteiger charge is 2.40. The molecular formula is C13H15ClN2O3. The zero-order valence-electron chi connectivity index (χ0n) is 10.6. The minimum atomic E-state index is -0.590. The maximum absolute atomic E-state index is 12.0. The highest BCUT2D eigenvalue weighted by atomic mass is 35.5. The summed E-state index contributed by atoms with van der Waals surface area (Å²) in [5.41, 5.74) is 0.136. The highest BCUT2D eigenvalue weighted by molar-refractivity contribution is 6.35. The number of nitrogens with zero attached hydrogens (tertiary/aromatic N) is 1. The van der Waals surface area contributed by atoms with Crippen molar-refractivity contribution in [2.24, 2.45) is 5.41 Å². The first-order chi connectivity index (χ1) is 8.99. The van der Waals surface area contributed by atoms with E-state index >= 15 is 0 Å². The smallest absolute Gasteiger partial charge is 0.288 e. The number of benzene rings is 1. The molecule has 1 saturated carbocycles.